The van der Waals surface area contributed by atoms with Gasteiger partial charge in [-0.1, -0.05) is 41.9 Å². The third kappa shape index (κ3) is 5.38. The summed E-state index contributed by atoms with van der Waals surface area (Å²) in [6.07, 6.45) is 4.42. The van der Waals surface area contributed by atoms with E-state index in [-0.39, 0.29) is 24.7 Å². The molecule has 1 aromatic heterocycles. The van der Waals surface area contributed by atoms with Crippen LogP contribution in [-0.4, -0.2) is 38.6 Å². The summed E-state index contributed by atoms with van der Waals surface area (Å²) < 4.78 is 1.89. The Bertz CT molecular complexity index is 1160. The molecule has 0 spiro atoms. The number of rotatable bonds is 7. The molecule has 2 aromatic carbocycles. The zero-order chi connectivity index (χ0) is 22.5. The summed E-state index contributed by atoms with van der Waals surface area (Å²) in [5.74, 6) is -0.423. The molecule has 3 aromatic rings. The highest BCUT2D eigenvalue weighted by molar-refractivity contribution is 7.99. The second-order valence-corrected chi connectivity index (χ2v) is 8.74. The highest BCUT2D eigenvalue weighted by atomic mass is 35.5. The number of benzene rings is 2. The van der Waals surface area contributed by atoms with Gasteiger partial charge in [0.2, 0.25) is 11.8 Å². The lowest BCUT2D eigenvalue weighted by Crippen LogP contribution is -2.25. The van der Waals surface area contributed by atoms with Crippen LogP contribution in [0.1, 0.15) is 24.8 Å². The third-order valence-corrected chi connectivity index (χ3v) is 6.34. The van der Waals surface area contributed by atoms with Crippen LogP contribution >= 0.6 is 23.4 Å². The van der Waals surface area contributed by atoms with Crippen LogP contribution in [0, 0.1) is 0 Å². The van der Waals surface area contributed by atoms with Crippen molar-refractivity contribution in [2.24, 2.45) is 12.1 Å². The fourth-order valence-electron chi connectivity index (χ4n) is 3.27. The number of carbonyl (C=O) groups is 2. The topological polar surface area (TPSA) is 79.6 Å². The van der Waals surface area contributed by atoms with Crippen LogP contribution in [0.3, 0.4) is 0 Å². The van der Waals surface area contributed by atoms with Gasteiger partial charge in [0.05, 0.1) is 17.9 Å². The van der Waals surface area contributed by atoms with Gasteiger partial charge in [0.1, 0.15) is 0 Å². The van der Waals surface area contributed by atoms with E-state index in [0.717, 1.165) is 21.3 Å². The maximum atomic E-state index is 12.6. The van der Waals surface area contributed by atoms with E-state index in [1.54, 1.807) is 18.3 Å². The molecule has 0 saturated heterocycles. The number of hydrogen-bond acceptors (Lipinski definition) is 5. The fourth-order valence-corrected chi connectivity index (χ4v) is 4.31. The van der Waals surface area contributed by atoms with Gasteiger partial charge in [-0.2, -0.15) is 5.10 Å². The van der Waals surface area contributed by atoms with Gasteiger partial charge >= 0.3 is 0 Å². The third-order valence-electron chi connectivity index (χ3n) is 4.96. The van der Waals surface area contributed by atoms with E-state index in [2.05, 4.69) is 15.4 Å². The number of hydrogen-bond donors (Lipinski definition) is 1. The van der Waals surface area contributed by atoms with E-state index < -0.39 is 0 Å². The Morgan fingerprint density at radius 1 is 1.16 bits per heavy atom. The molecular formula is C23H22ClN5O2S. The van der Waals surface area contributed by atoms with Crippen LogP contribution in [0.5, 0.6) is 0 Å². The number of halogens is 1. The van der Waals surface area contributed by atoms with Crippen molar-refractivity contribution in [3.05, 3.63) is 71.5 Å². The monoisotopic (exact) mass is 467 g/mol. The first-order valence-electron chi connectivity index (χ1n) is 10.2. The van der Waals surface area contributed by atoms with Crippen molar-refractivity contribution in [3.8, 4) is 0 Å². The van der Waals surface area contributed by atoms with Crippen LogP contribution in [0.2, 0.25) is 5.02 Å². The summed E-state index contributed by atoms with van der Waals surface area (Å²) in [4.78, 5) is 30.2. The molecule has 1 N–H and O–H groups in total. The lowest BCUT2D eigenvalue weighted by atomic mass is 10.1. The van der Waals surface area contributed by atoms with Crippen molar-refractivity contribution in [1.29, 1.82) is 0 Å². The minimum Gasteiger partial charge on any atom is -0.329 e. The summed E-state index contributed by atoms with van der Waals surface area (Å²) in [7, 11) is 1.90. The molecule has 0 unspecified atom stereocenters. The average molecular weight is 468 g/mol. The maximum Gasteiger partial charge on any atom is 0.243 e. The molecule has 0 bridgehead atoms. The fraction of sp³-hybridized carbons (Fsp3) is 0.217. The van der Waals surface area contributed by atoms with Gasteiger partial charge in [0.25, 0.3) is 0 Å². The summed E-state index contributed by atoms with van der Waals surface area (Å²) in [6, 6.07) is 15.1. The largest absolute Gasteiger partial charge is 0.329 e. The molecule has 0 radical (unpaired) electrons. The molecule has 9 heteroatoms. The molecular weight excluding hydrogens is 446 g/mol. The summed E-state index contributed by atoms with van der Waals surface area (Å²) in [6.45, 7) is 0.531. The minimum absolute atomic E-state index is 0.0601. The molecule has 0 saturated carbocycles. The number of carbonyl (C=O) groups excluding carboxylic acids is 2. The number of amides is 2. The normalized spacial score (nSPS) is 13.2. The van der Waals surface area contributed by atoms with Crippen LogP contribution in [0.15, 0.2) is 76.1 Å². The van der Waals surface area contributed by atoms with Crippen molar-refractivity contribution < 1.29 is 9.59 Å². The predicted octanol–water partition coefficient (Wildman–Crippen LogP) is 4.58. The number of aryl methyl sites for hydroxylation is 1. The lowest BCUT2D eigenvalue weighted by molar-refractivity contribution is -0.132. The second kappa shape index (κ2) is 10.0. The van der Waals surface area contributed by atoms with E-state index in [1.807, 2.05) is 54.2 Å². The Balaban J connectivity index is 1.35. The molecule has 0 fully saturated rings. The highest BCUT2D eigenvalue weighted by Crippen LogP contribution is 2.34. The Hall–Kier alpha value is -3.10. The Labute approximate surface area is 195 Å². The van der Waals surface area contributed by atoms with Gasteiger partial charge in [-0.05, 0) is 35.5 Å². The standard InChI is InChI=1S/C23H22ClN5O2S/c1-28-14-12-25-23(28)32-20-8-7-17(24)15-19(20)26-21(30)9-10-22(31)29-13-11-18(27-29)16-5-3-2-4-6-16/h2-8,12,14-15H,9-11,13H2,1H3,(H,26,30). The van der Waals surface area contributed by atoms with Gasteiger partial charge in [-0.25, -0.2) is 9.99 Å². The van der Waals surface area contributed by atoms with Crippen molar-refractivity contribution in [1.82, 2.24) is 14.6 Å². The van der Waals surface area contributed by atoms with Gasteiger partial charge in [0, 0.05) is 48.6 Å². The highest BCUT2D eigenvalue weighted by Gasteiger charge is 2.22. The molecule has 1 aliphatic rings. The van der Waals surface area contributed by atoms with Gasteiger partial charge in [-0.3, -0.25) is 9.59 Å². The summed E-state index contributed by atoms with van der Waals surface area (Å²) >= 11 is 7.56. The van der Waals surface area contributed by atoms with E-state index in [9.17, 15) is 9.59 Å². The van der Waals surface area contributed by atoms with Gasteiger partial charge in [0.15, 0.2) is 5.16 Å². The first-order chi connectivity index (χ1) is 15.5. The molecule has 164 valence electrons. The van der Waals surface area contributed by atoms with Crippen LogP contribution in [0.25, 0.3) is 0 Å². The molecule has 7 nitrogen and oxygen atoms in total. The Kier molecular flexibility index (Phi) is 6.92. The molecule has 32 heavy (non-hydrogen) atoms. The Morgan fingerprint density at radius 2 is 1.97 bits per heavy atom. The first kappa shape index (κ1) is 22.1. The van der Waals surface area contributed by atoms with E-state index in [0.29, 0.717) is 23.7 Å². The summed E-state index contributed by atoms with van der Waals surface area (Å²) in [5, 5.41) is 10.1. The molecule has 2 amide bonds. The predicted molar refractivity (Wildman–Crippen MR) is 126 cm³/mol. The van der Waals surface area contributed by atoms with E-state index >= 15 is 0 Å². The molecule has 0 atom stereocenters. The van der Waals surface area contributed by atoms with Crippen LogP contribution in [-0.2, 0) is 16.6 Å². The maximum absolute atomic E-state index is 12.6. The number of aromatic nitrogens is 2. The van der Waals surface area contributed by atoms with Crippen molar-refractivity contribution in [2.45, 2.75) is 29.3 Å². The molecule has 0 aliphatic carbocycles. The van der Waals surface area contributed by atoms with E-state index in [1.165, 1.54) is 16.8 Å². The van der Waals surface area contributed by atoms with Crippen LogP contribution in [0.4, 0.5) is 5.69 Å². The van der Waals surface area contributed by atoms with Gasteiger partial charge < -0.3 is 9.88 Å². The number of nitrogens with zero attached hydrogens (tertiary/aromatic N) is 4. The first-order valence-corrected chi connectivity index (χ1v) is 11.4. The van der Waals surface area contributed by atoms with Crippen molar-refractivity contribution >= 4 is 46.6 Å². The van der Waals surface area contributed by atoms with Gasteiger partial charge in [-0.15, -0.1) is 0 Å². The lowest BCUT2D eigenvalue weighted by Gasteiger charge is -2.13. The number of nitrogens with one attached hydrogen (secondary N) is 1. The molecule has 2 heterocycles. The quantitative estimate of drug-likeness (QED) is 0.551. The van der Waals surface area contributed by atoms with Crippen molar-refractivity contribution in [3.63, 3.8) is 0 Å². The summed E-state index contributed by atoms with van der Waals surface area (Å²) in [5.41, 5.74) is 2.49. The van der Waals surface area contributed by atoms with Crippen molar-refractivity contribution in [2.75, 3.05) is 11.9 Å². The minimum atomic E-state index is -0.256. The zero-order valence-electron chi connectivity index (χ0n) is 17.5. The van der Waals surface area contributed by atoms with Crippen LogP contribution < -0.4 is 5.32 Å². The number of imidazole rings is 1. The molecule has 4 rings (SSSR count). The van der Waals surface area contributed by atoms with E-state index in [4.69, 9.17) is 11.6 Å². The smallest absolute Gasteiger partial charge is 0.243 e. The zero-order valence-corrected chi connectivity index (χ0v) is 19.1. The number of anilines is 1. The Morgan fingerprint density at radius 3 is 2.72 bits per heavy atom. The SMILES string of the molecule is Cn1ccnc1Sc1ccc(Cl)cc1NC(=O)CCC(=O)N1CCC(c2ccccc2)=N1. The number of hydrazone groups is 1. The molecule has 1 aliphatic heterocycles. The second-order valence-electron chi connectivity index (χ2n) is 7.29. The average Bonchev–Trinajstić information content (AvgIpc) is 3.44.